The van der Waals surface area contributed by atoms with Gasteiger partial charge in [-0.1, -0.05) is 0 Å². The molecule has 0 unspecified atom stereocenters. The molecule has 2 aromatic rings. The number of rotatable bonds is 3. The Bertz CT molecular complexity index is 598. The van der Waals surface area contributed by atoms with E-state index in [0.717, 1.165) is 0 Å². The van der Waals surface area contributed by atoms with E-state index in [1.165, 1.54) is 14.2 Å². The summed E-state index contributed by atoms with van der Waals surface area (Å²) in [6.07, 6.45) is 0. The number of methoxy groups -OCH3 is 2. The quantitative estimate of drug-likeness (QED) is 0.762. The van der Waals surface area contributed by atoms with E-state index >= 15 is 0 Å². The smallest absolute Gasteiger partial charge is 0.337 e. The van der Waals surface area contributed by atoms with Crippen molar-refractivity contribution in [1.82, 2.24) is 20.4 Å². The summed E-state index contributed by atoms with van der Waals surface area (Å²) >= 11 is 0. The van der Waals surface area contributed by atoms with Crippen LogP contribution in [-0.2, 0) is 4.74 Å². The lowest BCUT2D eigenvalue weighted by atomic mass is 10.1. The van der Waals surface area contributed by atoms with Crippen LogP contribution >= 0.6 is 0 Å². The molecule has 1 aromatic heterocycles. The molecule has 98 valence electrons. The van der Waals surface area contributed by atoms with Gasteiger partial charge in [0.05, 0.1) is 25.3 Å². The normalized spacial score (nSPS) is 10.1. The van der Waals surface area contributed by atoms with E-state index in [0.29, 0.717) is 22.7 Å². The number of hydrogen-bond acceptors (Lipinski definition) is 7. The highest BCUT2D eigenvalue weighted by Crippen LogP contribution is 2.27. The molecule has 0 spiro atoms. The van der Waals surface area contributed by atoms with Gasteiger partial charge in [0, 0.05) is 0 Å². The summed E-state index contributed by atoms with van der Waals surface area (Å²) in [5, 5.41) is 15.5. The molecule has 19 heavy (non-hydrogen) atoms. The number of esters is 1. The molecule has 0 bridgehead atoms. The molecule has 0 saturated heterocycles. The van der Waals surface area contributed by atoms with Crippen LogP contribution in [0.5, 0.6) is 5.75 Å². The molecule has 0 saturated carbocycles. The first-order valence-electron chi connectivity index (χ1n) is 5.46. The van der Waals surface area contributed by atoms with Gasteiger partial charge in [0.2, 0.25) is 5.82 Å². The summed E-state index contributed by atoms with van der Waals surface area (Å²) in [5.41, 5.74) is 0.910. The monoisotopic (exact) mass is 260 g/mol. The number of hydrogen-bond donors (Lipinski definition) is 0. The van der Waals surface area contributed by atoms with Gasteiger partial charge in [-0.25, -0.2) is 4.79 Å². The molecule has 0 radical (unpaired) electrons. The average Bonchev–Trinajstić information content (AvgIpc) is 2.46. The van der Waals surface area contributed by atoms with Crippen LogP contribution in [0.1, 0.15) is 16.2 Å². The fourth-order valence-electron chi connectivity index (χ4n) is 1.51. The molecule has 0 fully saturated rings. The number of nitrogens with zero attached hydrogens (tertiary/aromatic N) is 4. The fourth-order valence-corrected chi connectivity index (χ4v) is 1.51. The fraction of sp³-hybridized carbons (Fsp3) is 0.250. The van der Waals surface area contributed by atoms with Crippen LogP contribution < -0.4 is 4.74 Å². The first-order chi connectivity index (χ1) is 9.15. The lowest BCUT2D eigenvalue weighted by Gasteiger charge is -2.08. The molecule has 7 nitrogen and oxygen atoms in total. The Kier molecular flexibility index (Phi) is 3.65. The van der Waals surface area contributed by atoms with Gasteiger partial charge in [-0.05, 0) is 25.1 Å². The van der Waals surface area contributed by atoms with Gasteiger partial charge in [0.1, 0.15) is 5.75 Å². The van der Waals surface area contributed by atoms with Crippen molar-refractivity contribution in [2.24, 2.45) is 0 Å². The molecule has 1 aromatic carbocycles. The molecule has 2 rings (SSSR count). The largest absolute Gasteiger partial charge is 0.496 e. The standard InChI is InChI=1S/C12H12N4O3/c1-7-13-15-11(16-14-7)9-6-8(12(17)19-3)4-5-10(9)18-2/h4-6H,1-3H3. The van der Waals surface area contributed by atoms with Crippen molar-refractivity contribution in [1.29, 1.82) is 0 Å². The Hall–Kier alpha value is -2.57. The third kappa shape index (κ3) is 2.65. The zero-order chi connectivity index (χ0) is 13.8. The highest BCUT2D eigenvalue weighted by molar-refractivity contribution is 5.91. The van der Waals surface area contributed by atoms with E-state index in [9.17, 15) is 4.79 Å². The second kappa shape index (κ2) is 5.38. The van der Waals surface area contributed by atoms with Crippen molar-refractivity contribution in [3.63, 3.8) is 0 Å². The Morgan fingerprint density at radius 1 is 1.11 bits per heavy atom. The summed E-state index contributed by atoms with van der Waals surface area (Å²) in [4.78, 5) is 11.5. The Morgan fingerprint density at radius 3 is 2.37 bits per heavy atom. The van der Waals surface area contributed by atoms with Crippen LogP contribution in [0.15, 0.2) is 18.2 Å². The zero-order valence-electron chi connectivity index (χ0n) is 10.7. The minimum Gasteiger partial charge on any atom is -0.496 e. The Morgan fingerprint density at radius 2 is 1.79 bits per heavy atom. The SMILES string of the molecule is COC(=O)c1ccc(OC)c(-c2nnc(C)nn2)c1. The predicted octanol–water partition coefficient (Wildman–Crippen LogP) is 1.04. The Labute approximate surface area is 109 Å². The molecule has 0 aliphatic heterocycles. The van der Waals surface area contributed by atoms with E-state index in [1.807, 2.05) is 0 Å². The van der Waals surface area contributed by atoms with Crippen LogP contribution in [-0.4, -0.2) is 40.6 Å². The van der Waals surface area contributed by atoms with Gasteiger partial charge < -0.3 is 9.47 Å². The van der Waals surface area contributed by atoms with Crippen molar-refractivity contribution in [2.75, 3.05) is 14.2 Å². The van der Waals surface area contributed by atoms with Crippen LogP contribution in [0.3, 0.4) is 0 Å². The maximum Gasteiger partial charge on any atom is 0.337 e. The number of carbonyl (C=O) groups excluding carboxylic acids is 1. The van der Waals surface area contributed by atoms with Gasteiger partial charge in [0.25, 0.3) is 0 Å². The van der Waals surface area contributed by atoms with Gasteiger partial charge in [-0.2, -0.15) is 0 Å². The third-order valence-corrected chi connectivity index (χ3v) is 2.44. The average molecular weight is 260 g/mol. The van der Waals surface area contributed by atoms with Crippen molar-refractivity contribution < 1.29 is 14.3 Å². The van der Waals surface area contributed by atoms with Crippen LogP contribution in [0.25, 0.3) is 11.4 Å². The van der Waals surface area contributed by atoms with E-state index < -0.39 is 5.97 Å². The van der Waals surface area contributed by atoms with Gasteiger partial charge in [-0.3, -0.25) is 0 Å². The predicted molar refractivity (Wildman–Crippen MR) is 65.7 cm³/mol. The number of aromatic nitrogens is 4. The Balaban J connectivity index is 2.52. The minimum atomic E-state index is -0.447. The summed E-state index contributed by atoms with van der Waals surface area (Å²) in [6.45, 7) is 1.69. The maximum absolute atomic E-state index is 11.5. The summed E-state index contributed by atoms with van der Waals surface area (Å²) < 4.78 is 9.88. The number of benzene rings is 1. The highest BCUT2D eigenvalue weighted by atomic mass is 16.5. The van der Waals surface area contributed by atoms with Crippen molar-refractivity contribution in [3.05, 3.63) is 29.6 Å². The van der Waals surface area contributed by atoms with E-state index in [2.05, 4.69) is 25.1 Å². The topological polar surface area (TPSA) is 87.1 Å². The summed E-state index contributed by atoms with van der Waals surface area (Å²) in [5.74, 6) is 0.831. The molecule has 1 heterocycles. The first kappa shape index (κ1) is 12.9. The van der Waals surface area contributed by atoms with Crippen molar-refractivity contribution in [3.8, 4) is 17.1 Å². The van der Waals surface area contributed by atoms with Crippen LogP contribution in [0, 0.1) is 6.92 Å². The maximum atomic E-state index is 11.5. The molecule has 0 N–H and O–H groups in total. The molecular weight excluding hydrogens is 248 g/mol. The number of carbonyl (C=O) groups is 1. The van der Waals surface area contributed by atoms with Gasteiger partial charge >= 0.3 is 5.97 Å². The zero-order valence-corrected chi connectivity index (χ0v) is 10.7. The number of ether oxygens (including phenoxy) is 2. The van der Waals surface area contributed by atoms with E-state index in [4.69, 9.17) is 4.74 Å². The lowest BCUT2D eigenvalue weighted by Crippen LogP contribution is -2.04. The first-order valence-corrected chi connectivity index (χ1v) is 5.46. The van der Waals surface area contributed by atoms with Gasteiger partial charge in [0.15, 0.2) is 5.82 Å². The van der Waals surface area contributed by atoms with Crippen molar-refractivity contribution >= 4 is 5.97 Å². The highest BCUT2D eigenvalue weighted by Gasteiger charge is 2.14. The summed E-state index contributed by atoms with van der Waals surface area (Å²) in [6, 6.07) is 4.83. The molecule has 7 heteroatoms. The van der Waals surface area contributed by atoms with E-state index in [1.54, 1.807) is 25.1 Å². The summed E-state index contributed by atoms with van der Waals surface area (Å²) in [7, 11) is 2.84. The van der Waals surface area contributed by atoms with Crippen LogP contribution in [0.2, 0.25) is 0 Å². The molecule has 0 amide bonds. The van der Waals surface area contributed by atoms with E-state index in [-0.39, 0.29) is 5.82 Å². The molecule has 0 aliphatic rings. The third-order valence-electron chi connectivity index (χ3n) is 2.44. The second-order valence-corrected chi connectivity index (χ2v) is 3.68. The van der Waals surface area contributed by atoms with Gasteiger partial charge in [-0.15, -0.1) is 20.4 Å². The lowest BCUT2D eigenvalue weighted by molar-refractivity contribution is 0.0601. The molecule has 0 atom stereocenters. The minimum absolute atomic E-state index is 0.285. The van der Waals surface area contributed by atoms with Crippen LogP contribution in [0.4, 0.5) is 0 Å². The molecule has 0 aliphatic carbocycles. The van der Waals surface area contributed by atoms with Crippen molar-refractivity contribution in [2.45, 2.75) is 6.92 Å². The second-order valence-electron chi connectivity index (χ2n) is 3.68. The molecular formula is C12H12N4O3. The number of aryl methyl sites for hydroxylation is 1.